The van der Waals surface area contributed by atoms with Crippen LogP contribution in [0.2, 0.25) is 0 Å². The summed E-state index contributed by atoms with van der Waals surface area (Å²) in [6, 6.07) is 12.4. The molecule has 5 rings (SSSR count). The van der Waals surface area contributed by atoms with Crippen molar-refractivity contribution >= 4 is 5.97 Å². The molecular formula is C25H24N6O3. The highest BCUT2D eigenvalue weighted by Crippen LogP contribution is 2.46. The van der Waals surface area contributed by atoms with Crippen LogP contribution in [0.15, 0.2) is 48.8 Å². The molecule has 1 N–H and O–H groups in total. The molecule has 34 heavy (non-hydrogen) atoms. The highest BCUT2D eigenvalue weighted by atomic mass is 16.5. The maximum Gasteiger partial charge on any atom is 0.307 e. The van der Waals surface area contributed by atoms with Crippen LogP contribution in [-0.2, 0) is 18.4 Å². The van der Waals surface area contributed by atoms with Gasteiger partial charge < -0.3 is 9.84 Å². The summed E-state index contributed by atoms with van der Waals surface area (Å²) in [5.74, 6) is -0.151. The fourth-order valence-electron chi connectivity index (χ4n) is 4.31. The largest absolute Gasteiger partial charge is 0.481 e. The van der Waals surface area contributed by atoms with E-state index in [1.54, 1.807) is 19.4 Å². The van der Waals surface area contributed by atoms with E-state index in [4.69, 9.17) is 9.84 Å². The van der Waals surface area contributed by atoms with Crippen molar-refractivity contribution < 1.29 is 14.6 Å². The lowest BCUT2D eigenvalue weighted by molar-refractivity contribution is -0.138. The molecule has 9 nitrogen and oxygen atoms in total. The molecule has 0 spiro atoms. The Hall–Kier alpha value is -4.14. The van der Waals surface area contributed by atoms with Gasteiger partial charge >= 0.3 is 5.97 Å². The number of rotatable bonds is 7. The van der Waals surface area contributed by atoms with Crippen molar-refractivity contribution in [1.82, 2.24) is 30.2 Å². The smallest absolute Gasteiger partial charge is 0.307 e. The Morgan fingerprint density at radius 2 is 1.91 bits per heavy atom. The minimum Gasteiger partial charge on any atom is -0.481 e. The summed E-state index contributed by atoms with van der Waals surface area (Å²) < 4.78 is 5.84. The summed E-state index contributed by atoms with van der Waals surface area (Å²) in [4.78, 5) is 21.1. The first-order valence-electron chi connectivity index (χ1n) is 11.0. The van der Waals surface area contributed by atoms with Crippen molar-refractivity contribution in [3.63, 3.8) is 0 Å². The lowest BCUT2D eigenvalue weighted by Crippen LogP contribution is -2.02. The van der Waals surface area contributed by atoms with Gasteiger partial charge in [-0.3, -0.25) is 9.78 Å². The highest BCUT2D eigenvalue weighted by Gasteiger charge is 2.45. The van der Waals surface area contributed by atoms with Gasteiger partial charge in [-0.25, -0.2) is 4.98 Å². The average molecular weight is 457 g/mol. The minimum atomic E-state index is -0.780. The molecule has 1 saturated carbocycles. The van der Waals surface area contributed by atoms with Gasteiger partial charge in [-0.05, 0) is 71.5 Å². The molecule has 1 aliphatic carbocycles. The normalized spacial score (nSPS) is 16.9. The van der Waals surface area contributed by atoms with Crippen LogP contribution in [0.1, 0.15) is 34.7 Å². The lowest BCUT2D eigenvalue weighted by atomic mass is 9.92. The Morgan fingerprint density at radius 3 is 2.53 bits per heavy atom. The van der Waals surface area contributed by atoms with E-state index in [-0.39, 0.29) is 11.8 Å². The van der Waals surface area contributed by atoms with Crippen molar-refractivity contribution in [2.75, 3.05) is 0 Å². The number of hydrogen-bond acceptors (Lipinski definition) is 7. The van der Waals surface area contributed by atoms with Gasteiger partial charge in [0.05, 0.1) is 31.1 Å². The Kier molecular flexibility index (Phi) is 5.53. The van der Waals surface area contributed by atoms with Gasteiger partial charge in [-0.1, -0.05) is 18.2 Å². The zero-order chi connectivity index (χ0) is 23.8. The van der Waals surface area contributed by atoms with Crippen LogP contribution in [0.25, 0.3) is 22.5 Å². The second kappa shape index (κ2) is 8.66. The number of aromatic nitrogens is 6. The second-order valence-corrected chi connectivity index (χ2v) is 8.64. The second-order valence-electron chi connectivity index (χ2n) is 8.64. The van der Waals surface area contributed by atoms with E-state index in [0.717, 1.165) is 33.4 Å². The molecule has 0 saturated heterocycles. The summed E-state index contributed by atoms with van der Waals surface area (Å²) in [5.41, 5.74) is 7.17. The number of carboxylic acids is 1. The molecule has 0 aliphatic heterocycles. The van der Waals surface area contributed by atoms with Crippen LogP contribution in [-0.4, -0.2) is 41.3 Å². The fraction of sp³-hybridized carbons (Fsp3) is 0.280. The fourth-order valence-corrected chi connectivity index (χ4v) is 4.31. The monoisotopic (exact) mass is 456 g/mol. The molecule has 9 heteroatoms. The molecule has 2 atom stereocenters. The predicted molar refractivity (Wildman–Crippen MR) is 124 cm³/mol. The van der Waals surface area contributed by atoms with Gasteiger partial charge in [0, 0.05) is 11.5 Å². The number of hydrogen-bond donors (Lipinski definition) is 1. The van der Waals surface area contributed by atoms with E-state index in [9.17, 15) is 4.79 Å². The van der Waals surface area contributed by atoms with E-state index < -0.39 is 5.97 Å². The average Bonchev–Trinajstić information content (AvgIpc) is 3.51. The first-order valence-corrected chi connectivity index (χ1v) is 11.0. The predicted octanol–water partition coefficient (Wildman–Crippen LogP) is 3.72. The highest BCUT2D eigenvalue weighted by molar-refractivity contribution is 5.75. The van der Waals surface area contributed by atoms with Gasteiger partial charge in [0.2, 0.25) is 11.7 Å². The molecule has 0 unspecified atom stereocenters. The Morgan fingerprint density at radius 1 is 1.12 bits per heavy atom. The summed E-state index contributed by atoms with van der Waals surface area (Å²) in [6.45, 7) is 4.51. The Labute approximate surface area is 196 Å². The molecule has 2 aromatic carbocycles. The number of carboxylic acid groups (broad SMARTS) is 1. The third-order valence-electron chi connectivity index (χ3n) is 6.04. The van der Waals surface area contributed by atoms with Crippen molar-refractivity contribution in [3.05, 3.63) is 71.2 Å². The van der Waals surface area contributed by atoms with Gasteiger partial charge in [0.15, 0.2) is 0 Å². The molecule has 0 amide bonds. The van der Waals surface area contributed by atoms with E-state index >= 15 is 0 Å². The number of nitrogens with zero attached hydrogens (tertiary/aromatic N) is 6. The van der Waals surface area contributed by atoms with Crippen LogP contribution in [0.4, 0.5) is 0 Å². The molecular weight excluding hydrogens is 432 g/mol. The van der Waals surface area contributed by atoms with Crippen molar-refractivity contribution in [2.24, 2.45) is 13.0 Å². The standard InChI is InChI=1S/C25H24N6O3/c1-14-7-18(24-28-30-31(3)29-24)8-15(2)23(14)17-6-4-5-16(9-17)13-34-22-12-26-21(11-27-22)19-10-20(19)25(32)33/h4-9,11-12,19-20H,10,13H2,1-3H3,(H,32,33)/t19-,20-/m1/s1. The Bertz CT molecular complexity index is 1340. The van der Waals surface area contributed by atoms with Gasteiger partial charge in [-0.2, -0.15) is 4.80 Å². The minimum absolute atomic E-state index is 0.0432. The SMILES string of the molecule is Cc1cc(-c2nnn(C)n2)cc(C)c1-c1cccc(COc2cnc([C@@H]3C[C@H]3C(=O)O)cn2)c1. The zero-order valence-electron chi connectivity index (χ0n) is 19.1. The third kappa shape index (κ3) is 4.36. The van der Waals surface area contributed by atoms with Crippen LogP contribution in [0, 0.1) is 19.8 Å². The van der Waals surface area contributed by atoms with Crippen LogP contribution in [0.5, 0.6) is 5.88 Å². The maximum atomic E-state index is 11.0. The topological polar surface area (TPSA) is 116 Å². The molecule has 0 bridgehead atoms. The van der Waals surface area contributed by atoms with Crippen LogP contribution in [0.3, 0.4) is 0 Å². The van der Waals surface area contributed by atoms with E-state index in [1.807, 2.05) is 12.1 Å². The molecule has 4 aromatic rings. The van der Waals surface area contributed by atoms with Crippen LogP contribution >= 0.6 is 0 Å². The number of benzene rings is 2. The molecule has 0 radical (unpaired) electrons. The maximum absolute atomic E-state index is 11.0. The first kappa shape index (κ1) is 21.7. The molecule has 172 valence electrons. The van der Waals surface area contributed by atoms with Crippen molar-refractivity contribution in [3.8, 4) is 28.4 Å². The van der Waals surface area contributed by atoms with E-state index in [0.29, 0.717) is 30.4 Å². The van der Waals surface area contributed by atoms with Crippen molar-refractivity contribution in [1.29, 1.82) is 0 Å². The number of aryl methyl sites for hydroxylation is 3. The number of tetrazole rings is 1. The Balaban J connectivity index is 1.30. The summed E-state index contributed by atoms with van der Waals surface area (Å²) in [5, 5.41) is 21.4. The molecule has 1 fully saturated rings. The molecule has 2 aromatic heterocycles. The van der Waals surface area contributed by atoms with Gasteiger partial charge in [-0.15, -0.1) is 10.2 Å². The lowest BCUT2D eigenvalue weighted by Gasteiger charge is -2.13. The summed E-state index contributed by atoms with van der Waals surface area (Å²) in [7, 11) is 1.75. The third-order valence-corrected chi connectivity index (χ3v) is 6.04. The summed E-state index contributed by atoms with van der Waals surface area (Å²) >= 11 is 0. The number of carbonyl (C=O) groups is 1. The zero-order valence-corrected chi connectivity index (χ0v) is 19.1. The number of ether oxygens (including phenoxy) is 1. The first-order chi connectivity index (χ1) is 16.4. The van der Waals surface area contributed by atoms with E-state index in [1.165, 1.54) is 4.80 Å². The van der Waals surface area contributed by atoms with Gasteiger partial charge in [0.1, 0.15) is 6.61 Å². The quantitative estimate of drug-likeness (QED) is 0.447. The molecule has 1 aliphatic rings. The number of aliphatic carboxylic acids is 1. The van der Waals surface area contributed by atoms with Gasteiger partial charge in [0.25, 0.3) is 0 Å². The molecule has 2 heterocycles. The van der Waals surface area contributed by atoms with Crippen LogP contribution < -0.4 is 4.74 Å². The van der Waals surface area contributed by atoms with Crippen molar-refractivity contribution in [2.45, 2.75) is 32.8 Å². The summed E-state index contributed by atoms with van der Waals surface area (Å²) in [6.07, 6.45) is 3.79. The van der Waals surface area contributed by atoms with E-state index in [2.05, 4.69) is 63.5 Å².